The molecule has 4 rings (SSSR count). The standard InChI is InChI=1S/C25H33N3O5S/c1-19-8-4-5-9-21(19)26-14-16-27(17-15-26)25(29)22-10-6-7-13-28(22)34(30,31)24-18-20(32-2)11-12-23(24)33-3/h4-5,8-9,11-12,18,22H,6-7,10,13-17H2,1-3H3. The Bertz CT molecular complexity index is 1130. The fourth-order valence-electron chi connectivity index (χ4n) is 4.85. The molecule has 0 saturated carbocycles. The van der Waals surface area contributed by atoms with E-state index in [1.165, 1.54) is 35.8 Å². The van der Waals surface area contributed by atoms with Crippen molar-refractivity contribution in [3.05, 3.63) is 48.0 Å². The monoisotopic (exact) mass is 487 g/mol. The molecule has 184 valence electrons. The number of carbonyl (C=O) groups excluding carboxylic acids is 1. The van der Waals surface area contributed by atoms with E-state index in [0.717, 1.165) is 25.9 Å². The number of nitrogens with zero attached hydrogens (tertiary/aromatic N) is 3. The topological polar surface area (TPSA) is 79.4 Å². The molecule has 0 bridgehead atoms. The van der Waals surface area contributed by atoms with Crippen LogP contribution in [0, 0.1) is 6.92 Å². The number of methoxy groups -OCH3 is 2. The van der Waals surface area contributed by atoms with E-state index in [-0.39, 0.29) is 16.6 Å². The number of piperazine rings is 1. The van der Waals surface area contributed by atoms with Crippen molar-refractivity contribution in [3.8, 4) is 11.5 Å². The lowest BCUT2D eigenvalue weighted by atomic mass is 10.0. The van der Waals surface area contributed by atoms with Crippen molar-refractivity contribution in [2.24, 2.45) is 0 Å². The van der Waals surface area contributed by atoms with Crippen LogP contribution in [0.25, 0.3) is 0 Å². The van der Waals surface area contributed by atoms with Gasteiger partial charge in [0.15, 0.2) is 0 Å². The predicted molar refractivity (Wildman–Crippen MR) is 131 cm³/mol. The first-order valence-electron chi connectivity index (χ1n) is 11.7. The number of hydrogen-bond acceptors (Lipinski definition) is 6. The normalized spacial score (nSPS) is 19.7. The van der Waals surface area contributed by atoms with Gasteiger partial charge in [-0.25, -0.2) is 8.42 Å². The van der Waals surface area contributed by atoms with E-state index in [1.54, 1.807) is 12.1 Å². The maximum atomic E-state index is 13.7. The minimum Gasteiger partial charge on any atom is -0.497 e. The first kappa shape index (κ1) is 24.3. The van der Waals surface area contributed by atoms with Gasteiger partial charge in [-0.2, -0.15) is 4.31 Å². The molecule has 2 aliphatic rings. The molecule has 0 aliphatic carbocycles. The third-order valence-corrected chi connectivity index (χ3v) is 8.67. The molecule has 0 radical (unpaired) electrons. The minimum absolute atomic E-state index is 0.0263. The molecule has 34 heavy (non-hydrogen) atoms. The summed E-state index contributed by atoms with van der Waals surface area (Å²) in [6, 6.07) is 12.2. The second kappa shape index (κ2) is 10.2. The SMILES string of the molecule is COc1ccc(OC)c(S(=O)(=O)N2CCCCC2C(=O)N2CCN(c3ccccc3C)CC2)c1. The molecule has 1 atom stereocenters. The van der Waals surface area contributed by atoms with Crippen LogP contribution in [0.2, 0.25) is 0 Å². The third-order valence-electron chi connectivity index (χ3n) is 6.74. The number of rotatable bonds is 6. The van der Waals surface area contributed by atoms with Crippen molar-refractivity contribution in [3.63, 3.8) is 0 Å². The van der Waals surface area contributed by atoms with Gasteiger partial charge >= 0.3 is 0 Å². The zero-order valence-corrected chi connectivity index (χ0v) is 20.9. The Morgan fingerprint density at radius 2 is 1.68 bits per heavy atom. The Balaban J connectivity index is 1.53. The van der Waals surface area contributed by atoms with Crippen LogP contribution in [0.1, 0.15) is 24.8 Å². The van der Waals surface area contributed by atoms with Gasteiger partial charge in [-0.15, -0.1) is 0 Å². The van der Waals surface area contributed by atoms with Crippen LogP contribution in [0.3, 0.4) is 0 Å². The quantitative estimate of drug-likeness (QED) is 0.624. The number of sulfonamides is 1. The number of hydrogen-bond donors (Lipinski definition) is 0. The van der Waals surface area contributed by atoms with Gasteiger partial charge in [0.1, 0.15) is 22.4 Å². The lowest BCUT2D eigenvalue weighted by Crippen LogP contribution is -2.57. The van der Waals surface area contributed by atoms with Crippen molar-refractivity contribution in [2.75, 3.05) is 51.8 Å². The molecule has 2 aromatic rings. The molecule has 8 nitrogen and oxygen atoms in total. The Morgan fingerprint density at radius 3 is 2.35 bits per heavy atom. The first-order chi connectivity index (χ1) is 16.4. The number of carbonyl (C=O) groups is 1. The average Bonchev–Trinajstić information content (AvgIpc) is 2.88. The van der Waals surface area contributed by atoms with Gasteiger partial charge in [0.25, 0.3) is 0 Å². The van der Waals surface area contributed by atoms with Gasteiger partial charge in [-0.3, -0.25) is 4.79 Å². The Labute approximate surface area is 202 Å². The molecule has 2 aliphatic heterocycles. The zero-order chi connectivity index (χ0) is 24.3. The molecule has 9 heteroatoms. The minimum atomic E-state index is -3.96. The lowest BCUT2D eigenvalue weighted by Gasteiger charge is -2.41. The summed E-state index contributed by atoms with van der Waals surface area (Å²) in [5, 5.41) is 0. The molecular formula is C25H33N3O5S. The van der Waals surface area contributed by atoms with Crippen molar-refractivity contribution in [1.29, 1.82) is 0 Å². The lowest BCUT2D eigenvalue weighted by molar-refractivity contribution is -0.136. The molecular weight excluding hydrogens is 454 g/mol. The van der Waals surface area contributed by atoms with Gasteiger partial charge in [0.05, 0.1) is 14.2 Å². The van der Waals surface area contributed by atoms with Crippen molar-refractivity contribution < 1.29 is 22.7 Å². The number of para-hydroxylation sites is 1. The van der Waals surface area contributed by atoms with Gasteiger partial charge in [-0.1, -0.05) is 24.6 Å². The number of ether oxygens (including phenoxy) is 2. The molecule has 2 heterocycles. The van der Waals surface area contributed by atoms with E-state index in [1.807, 2.05) is 17.0 Å². The zero-order valence-electron chi connectivity index (χ0n) is 20.1. The summed E-state index contributed by atoms with van der Waals surface area (Å²) in [6.07, 6.45) is 2.06. The molecule has 2 fully saturated rings. The number of piperidine rings is 1. The summed E-state index contributed by atoms with van der Waals surface area (Å²) in [5.74, 6) is 0.547. The molecule has 0 spiro atoms. The highest BCUT2D eigenvalue weighted by atomic mass is 32.2. The maximum absolute atomic E-state index is 13.7. The predicted octanol–water partition coefficient (Wildman–Crippen LogP) is 2.90. The van der Waals surface area contributed by atoms with Crippen molar-refractivity contribution >= 4 is 21.6 Å². The number of benzene rings is 2. The summed E-state index contributed by atoms with van der Waals surface area (Å²) >= 11 is 0. The highest BCUT2D eigenvalue weighted by Crippen LogP contribution is 2.34. The Hall–Kier alpha value is -2.78. The summed E-state index contributed by atoms with van der Waals surface area (Å²) < 4.78 is 39.4. The highest BCUT2D eigenvalue weighted by Gasteiger charge is 2.41. The summed E-state index contributed by atoms with van der Waals surface area (Å²) in [7, 11) is -1.03. The fourth-order valence-corrected chi connectivity index (χ4v) is 6.67. The first-order valence-corrected chi connectivity index (χ1v) is 13.1. The van der Waals surface area contributed by atoms with Crippen LogP contribution >= 0.6 is 0 Å². The maximum Gasteiger partial charge on any atom is 0.247 e. The smallest absolute Gasteiger partial charge is 0.247 e. The molecule has 0 aromatic heterocycles. The highest BCUT2D eigenvalue weighted by molar-refractivity contribution is 7.89. The van der Waals surface area contributed by atoms with E-state index < -0.39 is 16.1 Å². The van der Waals surface area contributed by atoms with E-state index in [4.69, 9.17) is 9.47 Å². The van der Waals surface area contributed by atoms with E-state index in [9.17, 15) is 13.2 Å². The summed E-state index contributed by atoms with van der Waals surface area (Å²) in [5.41, 5.74) is 2.39. The number of anilines is 1. The summed E-state index contributed by atoms with van der Waals surface area (Å²) in [6.45, 7) is 4.98. The van der Waals surface area contributed by atoms with Crippen molar-refractivity contribution in [1.82, 2.24) is 9.21 Å². The van der Waals surface area contributed by atoms with Gasteiger partial charge in [0, 0.05) is 44.5 Å². The molecule has 2 saturated heterocycles. The van der Waals surface area contributed by atoms with E-state index in [2.05, 4.69) is 24.0 Å². The van der Waals surface area contributed by atoms with Crippen LogP contribution in [-0.2, 0) is 14.8 Å². The molecule has 0 N–H and O–H groups in total. The van der Waals surface area contributed by atoms with E-state index in [0.29, 0.717) is 31.8 Å². The molecule has 1 unspecified atom stereocenters. The van der Waals surface area contributed by atoms with Gasteiger partial charge < -0.3 is 19.3 Å². The van der Waals surface area contributed by atoms with Crippen LogP contribution in [-0.4, -0.2) is 76.5 Å². The Morgan fingerprint density at radius 1 is 0.941 bits per heavy atom. The third kappa shape index (κ3) is 4.72. The number of amides is 1. The number of aryl methyl sites for hydroxylation is 1. The Kier molecular flexibility index (Phi) is 7.33. The van der Waals surface area contributed by atoms with E-state index >= 15 is 0 Å². The average molecular weight is 488 g/mol. The van der Waals surface area contributed by atoms with Gasteiger partial charge in [0.2, 0.25) is 15.9 Å². The van der Waals surface area contributed by atoms with Gasteiger partial charge in [-0.05, 0) is 43.5 Å². The van der Waals surface area contributed by atoms with Crippen LogP contribution < -0.4 is 14.4 Å². The van der Waals surface area contributed by atoms with Crippen LogP contribution in [0.15, 0.2) is 47.4 Å². The fraction of sp³-hybridized carbons (Fsp3) is 0.480. The second-order valence-corrected chi connectivity index (χ2v) is 10.6. The molecule has 1 amide bonds. The molecule has 2 aromatic carbocycles. The van der Waals surface area contributed by atoms with Crippen molar-refractivity contribution in [2.45, 2.75) is 37.1 Å². The second-order valence-electron chi connectivity index (χ2n) is 8.74. The van der Waals surface area contributed by atoms with Crippen LogP contribution in [0.5, 0.6) is 11.5 Å². The van der Waals surface area contributed by atoms with Crippen LogP contribution in [0.4, 0.5) is 5.69 Å². The largest absolute Gasteiger partial charge is 0.497 e. The summed E-state index contributed by atoms with van der Waals surface area (Å²) in [4.78, 5) is 17.7.